The molecule has 0 bridgehead atoms. The summed E-state index contributed by atoms with van der Waals surface area (Å²) >= 11 is 0. The second-order valence-corrected chi connectivity index (χ2v) is 7.83. The Morgan fingerprint density at radius 1 is 0.943 bits per heavy atom. The maximum atomic E-state index is 13.0. The van der Waals surface area contributed by atoms with E-state index in [1.807, 2.05) is 36.5 Å². The average molecular weight is 475 g/mol. The first-order valence-electron chi connectivity index (χ1n) is 10.9. The van der Waals surface area contributed by atoms with E-state index in [-0.39, 0.29) is 24.1 Å². The molecular formula is C25H26N6O4. The molecule has 0 aliphatic carbocycles. The molecule has 0 atom stereocenters. The smallest absolute Gasteiger partial charge is 0.271 e. The molecule has 4 rings (SSSR count). The summed E-state index contributed by atoms with van der Waals surface area (Å²) in [4.78, 5) is 25.8. The van der Waals surface area contributed by atoms with Gasteiger partial charge in [-0.1, -0.05) is 24.3 Å². The zero-order valence-corrected chi connectivity index (χ0v) is 19.7. The van der Waals surface area contributed by atoms with Crippen LogP contribution in [-0.4, -0.2) is 38.5 Å². The molecule has 35 heavy (non-hydrogen) atoms. The molecule has 0 aliphatic rings. The van der Waals surface area contributed by atoms with Crippen LogP contribution in [0.3, 0.4) is 0 Å². The van der Waals surface area contributed by atoms with Gasteiger partial charge in [-0.05, 0) is 29.8 Å². The van der Waals surface area contributed by atoms with Gasteiger partial charge < -0.3 is 20.1 Å². The van der Waals surface area contributed by atoms with Crippen molar-refractivity contribution < 1.29 is 19.1 Å². The van der Waals surface area contributed by atoms with Crippen molar-refractivity contribution in [3.63, 3.8) is 0 Å². The third-order valence-electron chi connectivity index (χ3n) is 5.27. The molecule has 0 aliphatic heterocycles. The molecule has 2 aromatic carbocycles. The molecule has 4 aromatic rings. The monoisotopic (exact) mass is 474 g/mol. The lowest BCUT2D eigenvalue weighted by Crippen LogP contribution is -2.26. The van der Waals surface area contributed by atoms with Gasteiger partial charge in [-0.15, -0.1) is 0 Å². The Morgan fingerprint density at radius 3 is 2.49 bits per heavy atom. The van der Waals surface area contributed by atoms with E-state index in [4.69, 9.17) is 9.47 Å². The lowest BCUT2D eigenvalue weighted by Gasteiger charge is -2.11. The van der Waals surface area contributed by atoms with Gasteiger partial charge in [0.25, 0.3) is 11.8 Å². The molecule has 0 saturated heterocycles. The summed E-state index contributed by atoms with van der Waals surface area (Å²) in [6, 6.07) is 14.4. The molecule has 0 spiro atoms. The number of hydrogen-bond donors (Lipinski definition) is 2. The van der Waals surface area contributed by atoms with Crippen LogP contribution < -0.4 is 20.1 Å². The Morgan fingerprint density at radius 2 is 1.74 bits per heavy atom. The molecule has 0 radical (unpaired) electrons. The zero-order chi connectivity index (χ0) is 24.8. The largest absolute Gasteiger partial charge is 0.493 e. The highest BCUT2D eigenvalue weighted by molar-refractivity contribution is 6.08. The number of para-hydroxylation sites is 2. The Labute approximate surface area is 202 Å². The molecule has 0 saturated carbocycles. The van der Waals surface area contributed by atoms with Crippen molar-refractivity contribution in [1.29, 1.82) is 0 Å². The van der Waals surface area contributed by atoms with E-state index < -0.39 is 0 Å². The van der Waals surface area contributed by atoms with Crippen molar-refractivity contribution in [2.24, 2.45) is 14.1 Å². The quantitative estimate of drug-likeness (QED) is 0.386. The molecule has 2 amide bonds. The van der Waals surface area contributed by atoms with Crippen LogP contribution in [0.2, 0.25) is 0 Å². The Kier molecular flexibility index (Phi) is 7.10. The number of aryl methyl sites for hydroxylation is 2. The topological polar surface area (TPSA) is 112 Å². The second-order valence-electron chi connectivity index (χ2n) is 7.83. The maximum absolute atomic E-state index is 13.0. The number of rotatable bonds is 9. The van der Waals surface area contributed by atoms with E-state index in [1.165, 1.54) is 10.9 Å². The summed E-state index contributed by atoms with van der Waals surface area (Å²) in [5.74, 6) is 0.524. The van der Waals surface area contributed by atoms with Crippen molar-refractivity contribution in [1.82, 2.24) is 24.9 Å². The van der Waals surface area contributed by atoms with Gasteiger partial charge in [-0.3, -0.25) is 19.0 Å². The summed E-state index contributed by atoms with van der Waals surface area (Å²) in [7, 11) is 5.03. The van der Waals surface area contributed by atoms with Crippen LogP contribution in [0.25, 0.3) is 0 Å². The molecular weight excluding hydrogens is 448 g/mol. The first-order valence-corrected chi connectivity index (χ1v) is 10.9. The van der Waals surface area contributed by atoms with Crippen LogP contribution in [-0.2, 0) is 27.2 Å². The maximum Gasteiger partial charge on any atom is 0.271 e. The predicted octanol–water partition coefficient (Wildman–Crippen LogP) is 2.92. The van der Waals surface area contributed by atoms with Gasteiger partial charge in [-0.2, -0.15) is 10.2 Å². The van der Waals surface area contributed by atoms with E-state index in [2.05, 4.69) is 20.8 Å². The van der Waals surface area contributed by atoms with Crippen LogP contribution in [0.5, 0.6) is 11.5 Å². The number of ether oxygens (including phenoxy) is 2. The highest BCUT2D eigenvalue weighted by Gasteiger charge is 2.19. The molecule has 10 nitrogen and oxygen atoms in total. The zero-order valence-electron chi connectivity index (χ0n) is 19.7. The number of benzene rings is 2. The third-order valence-corrected chi connectivity index (χ3v) is 5.27. The van der Waals surface area contributed by atoms with Crippen molar-refractivity contribution in [3.8, 4) is 11.5 Å². The first-order chi connectivity index (χ1) is 16.9. The minimum Gasteiger partial charge on any atom is -0.493 e. The minimum atomic E-state index is -0.363. The Bertz CT molecular complexity index is 1340. The van der Waals surface area contributed by atoms with E-state index in [9.17, 15) is 9.59 Å². The van der Waals surface area contributed by atoms with Crippen molar-refractivity contribution in [3.05, 3.63) is 89.5 Å². The number of aromatic nitrogens is 4. The van der Waals surface area contributed by atoms with Gasteiger partial charge in [-0.25, -0.2) is 0 Å². The normalized spacial score (nSPS) is 10.6. The van der Waals surface area contributed by atoms with Crippen molar-refractivity contribution >= 4 is 17.5 Å². The summed E-state index contributed by atoms with van der Waals surface area (Å²) < 4.78 is 14.2. The van der Waals surface area contributed by atoms with Crippen LogP contribution in [0.15, 0.2) is 67.1 Å². The SMILES string of the molecule is COc1ccccc1OCc1cccc(C(=O)Nc2cnn(C)c2C(=O)NCc2cnn(C)c2)c1. The molecule has 2 heterocycles. The first kappa shape index (κ1) is 23.6. The highest BCUT2D eigenvalue weighted by Crippen LogP contribution is 2.26. The lowest BCUT2D eigenvalue weighted by molar-refractivity contribution is 0.0942. The molecule has 0 fully saturated rings. The average Bonchev–Trinajstić information content (AvgIpc) is 3.46. The van der Waals surface area contributed by atoms with Gasteiger partial charge >= 0.3 is 0 Å². The van der Waals surface area contributed by atoms with Crippen LogP contribution in [0.1, 0.15) is 32.0 Å². The number of nitrogens with zero attached hydrogens (tertiary/aromatic N) is 4. The number of methoxy groups -OCH3 is 1. The Hall–Kier alpha value is -4.60. The van der Waals surface area contributed by atoms with E-state index in [0.717, 1.165) is 11.1 Å². The van der Waals surface area contributed by atoms with Gasteiger partial charge in [0.1, 0.15) is 12.3 Å². The summed E-state index contributed by atoms with van der Waals surface area (Å²) in [6.45, 7) is 0.565. The number of hydrogen-bond acceptors (Lipinski definition) is 6. The highest BCUT2D eigenvalue weighted by atomic mass is 16.5. The fraction of sp³-hybridized carbons (Fsp3) is 0.200. The van der Waals surface area contributed by atoms with Crippen molar-refractivity contribution in [2.75, 3.05) is 12.4 Å². The van der Waals surface area contributed by atoms with Gasteiger partial charge in [0.2, 0.25) is 0 Å². The number of carbonyl (C=O) groups excluding carboxylic acids is 2. The Balaban J connectivity index is 1.42. The molecule has 2 aromatic heterocycles. The van der Waals surface area contributed by atoms with E-state index >= 15 is 0 Å². The lowest BCUT2D eigenvalue weighted by atomic mass is 10.1. The number of carbonyl (C=O) groups is 2. The van der Waals surface area contributed by atoms with Crippen LogP contribution in [0.4, 0.5) is 5.69 Å². The number of nitrogens with one attached hydrogen (secondary N) is 2. The van der Waals surface area contributed by atoms with Crippen molar-refractivity contribution in [2.45, 2.75) is 13.2 Å². The van der Waals surface area contributed by atoms with Gasteiger partial charge in [0, 0.05) is 38.0 Å². The molecule has 180 valence electrons. The van der Waals surface area contributed by atoms with E-state index in [0.29, 0.717) is 29.3 Å². The third kappa shape index (κ3) is 5.67. The fourth-order valence-electron chi connectivity index (χ4n) is 3.52. The second kappa shape index (κ2) is 10.6. The summed E-state index contributed by atoms with van der Waals surface area (Å²) in [5, 5.41) is 13.8. The summed E-state index contributed by atoms with van der Waals surface area (Å²) in [6.07, 6.45) is 4.94. The fourth-order valence-corrected chi connectivity index (χ4v) is 3.52. The van der Waals surface area contributed by atoms with Gasteiger partial charge in [0.05, 0.1) is 25.2 Å². The molecule has 10 heteroatoms. The van der Waals surface area contributed by atoms with Crippen LogP contribution in [0, 0.1) is 0 Å². The summed E-state index contributed by atoms with van der Waals surface area (Å²) in [5.41, 5.74) is 2.66. The standard InChI is InChI=1S/C25H26N6O4/c1-30-15-18(13-27-30)12-26-25(33)23-20(14-28-31(23)2)29-24(32)19-8-6-7-17(11-19)16-35-22-10-5-4-9-21(22)34-3/h4-11,13-15H,12,16H2,1-3H3,(H,26,33)(H,29,32). The van der Waals surface area contributed by atoms with E-state index in [1.54, 1.807) is 50.3 Å². The van der Waals surface area contributed by atoms with Gasteiger partial charge in [0.15, 0.2) is 11.5 Å². The number of amides is 2. The molecule has 0 unspecified atom stereocenters. The number of anilines is 1. The molecule has 2 N–H and O–H groups in total. The predicted molar refractivity (Wildman–Crippen MR) is 129 cm³/mol. The minimum absolute atomic E-state index is 0.248. The van der Waals surface area contributed by atoms with Crippen LogP contribution >= 0.6 is 0 Å².